The third-order valence-corrected chi connectivity index (χ3v) is 5.12. The van der Waals surface area contributed by atoms with Gasteiger partial charge in [0.1, 0.15) is 5.82 Å². The molecule has 1 aromatic heterocycles. The second kappa shape index (κ2) is 6.06. The Balaban J connectivity index is 1.84. The Bertz CT molecular complexity index is 780. The van der Waals surface area contributed by atoms with Gasteiger partial charge in [-0.15, -0.1) is 0 Å². The first-order chi connectivity index (χ1) is 11.7. The van der Waals surface area contributed by atoms with E-state index in [1.165, 1.54) is 0 Å². The number of piperazine rings is 1. The molecule has 0 spiro atoms. The van der Waals surface area contributed by atoms with E-state index in [1.807, 2.05) is 29.2 Å². The Morgan fingerprint density at radius 2 is 1.88 bits per heavy atom. The van der Waals surface area contributed by atoms with E-state index in [2.05, 4.69) is 23.8 Å². The molecular formula is C19H24N4O. The van der Waals surface area contributed by atoms with Gasteiger partial charge in [0.25, 0.3) is 5.91 Å². The molecule has 1 saturated heterocycles. The van der Waals surface area contributed by atoms with Gasteiger partial charge in [-0.1, -0.05) is 25.1 Å². The summed E-state index contributed by atoms with van der Waals surface area (Å²) in [6, 6.07) is 8.04. The van der Waals surface area contributed by atoms with Crippen LogP contribution >= 0.6 is 0 Å². The fraction of sp³-hybridized carbons (Fsp3) is 0.474. The SMILES string of the molecule is CCCN1Cc2c(N3CCN(C)CC3)nc3ccccc3c2C1=O. The first kappa shape index (κ1) is 15.4. The summed E-state index contributed by atoms with van der Waals surface area (Å²) in [4.78, 5) is 24.6. The molecule has 0 aliphatic carbocycles. The summed E-state index contributed by atoms with van der Waals surface area (Å²) in [5, 5.41) is 0.994. The van der Waals surface area contributed by atoms with Crippen molar-refractivity contribution in [2.45, 2.75) is 19.9 Å². The van der Waals surface area contributed by atoms with E-state index in [0.29, 0.717) is 6.54 Å². The first-order valence-corrected chi connectivity index (χ1v) is 8.83. The van der Waals surface area contributed by atoms with E-state index in [9.17, 15) is 4.79 Å². The average Bonchev–Trinajstić information content (AvgIpc) is 2.92. The van der Waals surface area contributed by atoms with Crippen LogP contribution in [0.1, 0.15) is 29.3 Å². The molecule has 0 N–H and O–H groups in total. The lowest BCUT2D eigenvalue weighted by Gasteiger charge is -2.34. The highest BCUT2D eigenvalue weighted by molar-refractivity contribution is 6.10. The lowest BCUT2D eigenvalue weighted by atomic mass is 10.0. The Morgan fingerprint density at radius 3 is 2.62 bits per heavy atom. The number of anilines is 1. The van der Waals surface area contributed by atoms with Crippen molar-refractivity contribution >= 4 is 22.6 Å². The van der Waals surface area contributed by atoms with Crippen molar-refractivity contribution in [3.63, 3.8) is 0 Å². The molecular weight excluding hydrogens is 300 g/mol. The topological polar surface area (TPSA) is 39.7 Å². The highest BCUT2D eigenvalue weighted by Crippen LogP contribution is 2.35. The van der Waals surface area contributed by atoms with Crippen LogP contribution in [0.15, 0.2) is 24.3 Å². The van der Waals surface area contributed by atoms with Gasteiger partial charge >= 0.3 is 0 Å². The molecule has 2 aliphatic rings. The van der Waals surface area contributed by atoms with Gasteiger partial charge in [0.15, 0.2) is 0 Å². The Hall–Kier alpha value is -2.14. The monoisotopic (exact) mass is 324 g/mol. The van der Waals surface area contributed by atoms with Gasteiger partial charge in [0.05, 0.1) is 17.6 Å². The zero-order chi connectivity index (χ0) is 16.7. The number of amides is 1. The predicted molar refractivity (Wildman–Crippen MR) is 96.5 cm³/mol. The minimum absolute atomic E-state index is 0.167. The van der Waals surface area contributed by atoms with Crippen LogP contribution in [0, 0.1) is 0 Å². The van der Waals surface area contributed by atoms with Gasteiger partial charge in [0.2, 0.25) is 0 Å². The quantitative estimate of drug-likeness (QED) is 0.869. The highest BCUT2D eigenvalue weighted by Gasteiger charge is 2.33. The van der Waals surface area contributed by atoms with E-state index in [-0.39, 0.29) is 5.91 Å². The van der Waals surface area contributed by atoms with Crippen molar-refractivity contribution in [1.29, 1.82) is 0 Å². The number of carbonyl (C=O) groups is 1. The van der Waals surface area contributed by atoms with E-state index in [1.54, 1.807) is 0 Å². The molecule has 1 fully saturated rings. The van der Waals surface area contributed by atoms with Crippen LogP contribution in [0.2, 0.25) is 0 Å². The maximum absolute atomic E-state index is 13.0. The van der Waals surface area contributed by atoms with Crippen molar-refractivity contribution in [1.82, 2.24) is 14.8 Å². The van der Waals surface area contributed by atoms with Crippen molar-refractivity contribution < 1.29 is 4.79 Å². The Morgan fingerprint density at radius 1 is 1.12 bits per heavy atom. The number of para-hydroxylation sites is 1. The molecule has 1 aromatic carbocycles. The standard InChI is InChI=1S/C19H24N4O/c1-3-8-23-13-15-17(19(23)24)14-6-4-5-7-16(14)20-18(15)22-11-9-21(2)10-12-22/h4-7H,3,8-13H2,1-2H3. The summed E-state index contributed by atoms with van der Waals surface area (Å²) in [6.07, 6.45) is 0.981. The highest BCUT2D eigenvalue weighted by atomic mass is 16.2. The number of carbonyl (C=O) groups excluding carboxylic acids is 1. The molecule has 0 radical (unpaired) electrons. The Kier molecular flexibility index (Phi) is 3.88. The maximum Gasteiger partial charge on any atom is 0.255 e. The largest absolute Gasteiger partial charge is 0.354 e. The number of rotatable bonds is 3. The summed E-state index contributed by atoms with van der Waals surface area (Å²) in [7, 11) is 2.15. The van der Waals surface area contributed by atoms with Crippen LogP contribution in [-0.4, -0.2) is 60.5 Å². The first-order valence-electron chi connectivity index (χ1n) is 8.83. The zero-order valence-electron chi connectivity index (χ0n) is 14.5. The van der Waals surface area contributed by atoms with E-state index in [4.69, 9.17) is 4.98 Å². The molecule has 4 rings (SSSR count). The Labute approximate surface area is 142 Å². The van der Waals surface area contributed by atoms with Gasteiger partial charge in [0, 0.05) is 43.7 Å². The van der Waals surface area contributed by atoms with Crippen LogP contribution in [0.5, 0.6) is 0 Å². The molecule has 0 saturated carbocycles. The minimum Gasteiger partial charge on any atom is -0.354 e. The molecule has 5 heteroatoms. The fourth-order valence-corrected chi connectivity index (χ4v) is 3.78. The second-order valence-corrected chi connectivity index (χ2v) is 6.82. The number of pyridine rings is 1. The molecule has 5 nitrogen and oxygen atoms in total. The molecule has 0 bridgehead atoms. The van der Waals surface area contributed by atoms with Gasteiger partial charge in [-0.05, 0) is 19.5 Å². The molecule has 0 atom stereocenters. The molecule has 2 aliphatic heterocycles. The van der Waals surface area contributed by atoms with Gasteiger partial charge < -0.3 is 14.7 Å². The average molecular weight is 324 g/mol. The molecule has 0 unspecified atom stereocenters. The molecule has 1 amide bonds. The van der Waals surface area contributed by atoms with Crippen molar-refractivity contribution in [2.24, 2.45) is 0 Å². The van der Waals surface area contributed by atoms with Crippen molar-refractivity contribution in [3.8, 4) is 0 Å². The lowest BCUT2D eigenvalue weighted by Crippen LogP contribution is -2.45. The van der Waals surface area contributed by atoms with Crippen LogP contribution < -0.4 is 4.90 Å². The number of hydrogen-bond donors (Lipinski definition) is 0. The molecule has 2 aromatic rings. The van der Waals surface area contributed by atoms with E-state index in [0.717, 1.165) is 67.0 Å². The van der Waals surface area contributed by atoms with Gasteiger partial charge in [-0.3, -0.25) is 4.79 Å². The summed E-state index contributed by atoms with van der Waals surface area (Å²) >= 11 is 0. The summed E-state index contributed by atoms with van der Waals surface area (Å²) in [6.45, 7) is 7.64. The lowest BCUT2D eigenvalue weighted by molar-refractivity contribution is 0.0780. The molecule has 126 valence electrons. The van der Waals surface area contributed by atoms with Crippen molar-refractivity contribution in [2.75, 3.05) is 44.7 Å². The predicted octanol–water partition coefficient (Wildman–Crippen LogP) is 2.35. The van der Waals surface area contributed by atoms with E-state index >= 15 is 0 Å². The summed E-state index contributed by atoms with van der Waals surface area (Å²) < 4.78 is 0. The number of likely N-dealkylation sites (N-methyl/N-ethyl adjacent to an activating group) is 1. The van der Waals surface area contributed by atoms with Crippen LogP contribution in [0.4, 0.5) is 5.82 Å². The zero-order valence-corrected chi connectivity index (χ0v) is 14.5. The van der Waals surface area contributed by atoms with Crippen molar-refractivity contribution in [3.05, 3.63) is 35.4 Å². The molecule has 3 heterocycles. The number of nitrogens with zero attached hydrogens (tertiary/aromatic N) is 4. The second-order valence-electron chi connectivity index (χ2n) is 6.82. The fourth-order valence-electron chi connectivity index (χ4n) is 3.78. The minimum atomic E-state index is 0.167. The number of hydrogen-bond acceptors (Lipinski definition) is 4. The third-order valence-electron chi connectivity index (χ3n) is 5.12. The van der Waals surface area contributed by atoms with Crippen LogP contribution in [0.25, 0.3) is 10.9 Å². The van der Waals surface area contributed by atoms with Gasteiger partial charge in [-0.25, -0.2) is 4.98 Å². The summed E-state index contributed by atoms with van der Waals surface area (Å²) in [5.74, 6) is 1.18. The number of fused-ring (bicyclic) bond motifs is 3. The number of benzene rings is 1. The van der Waals surface area contributed by atoms with Crippen LogP contribution in [0.3, 0.4) is 0 Å². The summed E-state index contributed by atoms with van der Waals surface area (Å²) in [5.41, 5.74) is 2.93. The van der Waals surface area contributed by atoms with Gasteiger partial charge in [-0.2, -0.15) is 0 Å². The third kappa shape index (κ3) is 2.44. The maximum atomic E-state index is 13.0. The van der Waals surface area contributed by atoms with Crippen LogP contribution in [-0.2, 0) is 6.54 Å². The smallest absolute Gasteiger partial charge is 0.255 e. The molecule has 24 heavy (non-hydrogen) atoms. The van der Waals surface area contributed by atoms with E-state index < -0.39 is 0 Å². The number of aromatic nitrogens is 1. The normalized spacial score (nSPS) is 18.5.